The van der Waals surface area contributed by atoms with E-state index in [0.717, 1.165) is 10.0 Å². The van der Waals surface area contributed by atoms with Crippen molar-refractivity contribution >= 4 is 33.8 Å². The van der Waals surface area contributed by atoms with Crippen molar-refractivity contribution in [3.8, 4) is 0 Å². The van der Waals surface area contributed by atoms with Crippen molar-refractivity contribution in [3.05, 3.63) is 58.3 Å². The first kappa shape index (κ1) is 15.0. The fraction of sp³-hybridized carbons (Fsp3) is 0.0714. The molecule has 0 fully saturated rings. The molecule has 2 rings (SSSR count). The SMILES string of the molecule is Cn1cc(C=CC(=O)NNC(=O)c2ccc(Br)cc2)cn1. The predicted molar refractivity (Wildman–Crippen MR) is 82.0 cm³/mol. The van der Waals surface area contributed by atoms with Crippen molar-refractivity contribution in [2.24, 2.45) is 7.05 Å². The molecule has 0 atom stereocenters. The highest BCUT2D eigenvalue weighted by Crippen LogP contribution is 2.10. The Labute approximate surface area is 129 Å². The topological polar surface area (TPSA) is 76.0 Å². The number of aryl methyl sites for hydroxylation is 1. The molecule has 7 heteroatoms. The maximum atomic E-state index is 11.8. The zero-order valence-electron chi connectivity index (χ0n) is 11.2. The molecule has 0 unspecified atom stereocenters. The quantitative estimate of drug-likeness (QED) is 0.654. The molecule has 6 nitrogen and oxygen atoms in total. The first-order valence-corrected chi connectivity index (χ1v) is 6.86. The second kappa shape index (κ2) is 6.85. The van der Waals surface area contributed by atoms with Crippen LogP contribution in [0.5, 0.6) is 0 Å². The Balaban J connectivity index is 1.85. The number of nitrogens with one attached hydrogen (secondary N) is 2. The smallest absolute Gasteiger partial charge is 0.269 e. The highest BCUT2D eigenvalue weighted by molar-refractivity contribution is 9.10. The number of aromatic nitrogens is 2. The molecule has 0 bridgehead atoms. The Morgan fingerprint density at radius 2 is 1.95 bits per heavy atom. The molecule has 1 aromatic carbocycles. The van der Waals surface area contributed by atoms with Crippen LogP contribution in [0.15, 0.2) is 47.2 Å². The fourth-order valence-electron chi connectivity index (χ4n) is 1.53. The molecule has 108 valence electrons. The van der Waals surface area contributed by atoms with E-state index in [-0.39, 0.29) is 5.91 Å². The lowest BCUT2D eigenvalue weighted by Crippen LogP contribution is -2.40. The van der Waals surface area contributed by atoms with Crippen LogP contribution in [0.3, 0.4) is 0 Å². The lowest BCUT2D eigenvalue weighted by atomic mass is 10.2. The molecule has 2 amide bonds. The first-order valence-electron chi connectivity index (χ1n) is 6.07. The van der Waals surface area contributed by atoms with Gasteiger partial charge in [0, 0.05) is 34.9 Å². The molecule has 1 aromatic heterocycles. The number of amides is 2. The maximum absolute atomic E-state index is 11.8. The van der Waals surface area contributed by atoms with E-state index < -0.39 is 5.91 Å². The van der Waals surface area contributed by atoms with Gasteiger partial charge < -0.3 is 0 Å². The summed E-state index contributed by atoms with van der Waals surface area (Å²) in [5, 5.41) is 3.98. The predicted octanol–water partition coefficient (Wildman–Crippen LogP) is 1.66. The van der Waals surface area contributed by atoms with Gasteiger partial charge in [0.2, 0.25) is 0 Å². The van der Waals surface area contributed by atoms with E-state index in [9.17, 15) is 9.59 Å². The normalized spacial score (nSPS) is 10.6. The summed E-state index contributed by atoms with van der Waals surface area (Å²) in [6, 6.07) is 6.80. The summed E-state index contributed by atoms with van der Waals surface area (Å²) in [5.74, 6) is -0.810. The van der Waals surface area contributed by atoms with Gasteiger partial charge in [-0.2, -0.15) is 5.10 Å². The largest absolute Gasteiger partial charge is 0.275 e. The van der Waals surface area contributed by atoms with Gasteiger partial charge in [-0.05, 0) is 30.3 Å². The molecule has 0 aliphatic heterocycles. The number of benzene rings is 1. The Kier molecular flexibility index (Phi) is 4.89. The standard InChI is InChI=1S/C14H13BrN4O2/c1-19-9-10(8-16-19)2-7-13(20)17-18-14(21)11-3-5-12(15)6-4-11/h2-9H,1H3,(H,17,20)(H,18,21). The molecule has 21 heavy (non-hydrogen) atoms. The van der Waals surface area contributed by atoms with Crippen LogP contribution >= 0.6 is 15.9 Å². The van der Waals surface area contributed by atoms with Crippen LogP contribution in [-0.4, -0.2) is 21.6 Å². The molecule has 0 radical (unpaired) electrons. The highest BCUT2D eigenvalue weighted by Gasteiger charge is 2.05. The van der Waals surface area contributed by atoms with Crippen molar-refractivity contribution in [1.29, 1.82) is 0 Å². The number of halogens is 1. The van der Waals surface area contributed by atoms with Crippen molar-refractivity contribution in [2.45, 2.75) is 0 Å². The van der Waals surface area contributed by atoms with Crippen LogP contribution in [0.25, 0.3) is 6.08 Å². The van der Waals surface area contributed by atoms with Gasteiger partial charge in [-0.1, -0.05) is 15.9 Å². The minimum absolute atomic E-state index is 0.384. The maximum Gasteiger partial charge on any atom is 0.269 e. The number of nitrogens with zero attached hydrogens (tertiary/aromatic N) is 2. The van der Waals surface area contributed by atoms with E-state index in [1.165, 1.54) is 6.08 Å². The summed E-state index contributed by atoms with van der Waals surface area (Å²) in [5.41, 5.74) is 5.89. The number of hydrogen-bond donors (Lipinski definition) is 2. The second-order valence-corrected chi connectivity index (χ2v) is 5.15. The Morgan fingerprint density at radius 1 is 1.24 bits per heavy atom. The van der Waals surface area contributed by atoms with Crippen LogP contribution in [0.1, 0.15) is 15.9 Å². The van der Waals surface area contributed by atoms with Crippen LogP contribution < -0.4 is 10.9 Å². The molecule has 0 saturated heterocycles. The van der Waals surface area contributed by atoms with Crippen molar-refractivity contribution in [2.75, 3.05) is 0 Å². The van der Waals surface area contributed by atoms with Crippen molar-refractivity contribution in [1.82, 2.24) is 20.6 Å². The number of hydrogen-bond acceptors (Lipinski definition) is 3. The van der Waals surface area contributed by atoms with E-state index >= 15 is 0 Å². The van der Waals surface area contributed by atoms with Crippen LogP contribution in [0.4, 0.5) is 0 Å². The summed E-state index contributed by atoms with van der Waals surface area (Å²) < 4.78 is 2.51. The average Bonchev–Trinajstić information content (AvgIpc) is 2.89. The van der Waals surface area contributed by atoms with Gasteiger partial charge >= 0.3 is 0 Å². The molecule has 2 aromatic rings. The van der Waals surface area contributed by atoms with E-state index in [1.54, 1.807) is 54.5 Å². The zero-order chi connectivity index (χ0) is 15.2. The fourth-order valence-corrected chi connectivity index (χ4v) is 1.80. The van der Waals surface area contributed by atoms with Crippen LogP contribution in [0, 0.1) is 0 Å². The third-order valence-electron chi connectivity index (χ3n) is 2.56. The number of hydrazine groups is 1. The first-order chi connectivity index (χ1) is 10.0. The molecule has 0 aliphatic rings. The minimum Gasteiger partial charge on any atom is -0.275 e. The van der Waals surface area contributed by atoms with E-state index in [0.29, 0.717) is 5.56 Å². The van der Waals surface area contributed by atoms with Gasteiger partial charge in [-0.25, -0.2) is 0 Å². The Morgan fingerprint density at radius 3 is 2.57 bits per heavy atom. The average molecular weight is 349 g/mol. The van der Waals surface area contributed by atoms with E-state index in [1.807, 2.05) is 0 Å². The molecular formula is C14H13BrN4O2. The molecule has 0 saturated carbocycles. The van der Waals surface area contributed by atoms with Crippen molar-refractivity contribution < 1.29 is 9.59 Å². The molecule has 1 heterocycles. The van der Waals surface area contributed by atoms with Gasteiger partial charge in [-0.3, -0.25) is 25.1 Å². The zero-order valence-corrected chi connectivity index (χ0v) is 12.8. The number of carbonyl (C=O) groups excluding carboxylic acids is 2. The summed E-state index contributed by atoms with van der Waals surface area (Å²) in [6.45, 7) is 0. The highest BCUT2D eigenvalue weighted by atomic mass is 79.9. The van der Waals surface area contributed by atoms with Crippen molar-refractivity contribution in [3.63, 3.8) is 0 Å². The van der Waals surface area contributed by atoms with Gasteiger partial charge in [0.1, 0.15) is 0 Å². The Bertz CT molecular complexity index is 677. The lowest BCUT2D eigenvalue weighted by molar-refractivity contribution is -0.117. The third-order valence-corrected chi connectivity index (χ3v) is 3.09. The number of rotatable bonds is 3. The molecule has 0 aliphatic carbocycles. The van der Waals surface area contributed by atoms with Crippen LogP contribution in [-0.2, 0) is 11.8 Å². The van der Waals surface area contributed by atoms with Gasteiger partial charge in [0.15, 0.2) is 0 Å². The van der Waals surface area contributed by atoms with Gasteiger partial charge in [0.25, 0.3) is 11.8 Å². The van der Waals surface area contributed by atoms with Crippen LogP contribution in [0.2, 0.25) is 0 Å². The molecule has 2 N–H and O–H groups in total. The number of carbonyl (C=O) groups is 2. The molecular weight excluding hydrogens is 336 g/mol. The second-order valence-electron chi connectivity index (χ2n) is 4.23. The summed E-state index contributed by atoms with van der Waals surface area (Å²) in [6.07, 6.45) is 6.32. The monoisotopic (exact) mass is 348 g/mol. The van der Waals surface area contributed by atoms with Gasteiger partial charge in [0.05, 0.1) is 6.20 Å². The molecule has 0 spiro atoms. The summed E-state index contributed by atoms with van der Waals surface area (Å²) >= 11 is 3.28. The van der Waals surface area contributed by atoms with Gasteiger partial charge in [-0.15, -0.1) is 0 Å². The third kappa shape index (κ3) is 4.57. The minimum atomic E-state index is -0.427. The summed E-state index contributed by atoms with van der Waals surface area (Å²) in [7, 11) is 1.79. The van der Waals surface area contributed by atoms with E-state index in [2.05, 4.69) is 31.9 Å². The Hall–Kier alpha value is -2.41. The summed E-state index contributed by atoms with van der Waals surface area (Å²) in [4.78, 5) is 23.3. The van der Waals surface area contributed by atoms with E-state index in [4.69, 9.17) is 0 Å². The lowest BCUT2D eigenvalue weighted by Gasteiger charge is -2.05.